The molecule has 0 heterocycles. The third-order valence-corrected chi connectivity index (χ3v) is 4.81. The van der Waals surface area contributed by atoms with E-state index in [9.17, 15) is 4.39 Å². The van der Waals surface area contributed by atoms with Crippen molar-refractivity contribution in [2.24, 2.45) is 5.84 Å². The molecule has 2 rings (SSSR count). The van der Waals surface area contributed by atoms with Gasteiger partial charge in [-0.15, -0.1) is 0 Å². The van der Waals surface area contributed by atoms with Crippen molar-refractivity contribution in [3.05, 3.63) is 61.9 Å². The van der Waals surface area contributed by atoms with Crippen molar-refractivity contribution in [2.75, 3.05) is 7.11 Å². The minimum Gasteiger partial charge on any atom is -0.494 e. The molecule has 0 aliphatic rings. The van der Waals surface area contributed by atoms with Gasteiger partial charge in [-0.05, 0) is 58.3 Å². The summed E-state index contributed by atoms with van der Waals surface area (Å²) in [4.78, 5) is 0. The second-order valence-electron chi connectivity index (χ2n) is 4.53. The van der Waals surface area contributed by atoms with E-state index >= 15 is 0 Å². The summed E-state index contributed by atoms with van der Waals surface area (Å²) >= 11 is 8.28. The van der Waals surface area contributed by atoms with Gasteiger partial charge in [0, 0.05) is 3.57 Å². The van der Waals surface area contributed by atoms with Crippen LogP contribution in [0.15, 0.2) is 36.4 Å². The number of halogens is 3. The van der Waals surface area contributed by atoms with Crippen LogP contribution in [-0.2, 0) is 6.42 Å². The Bertz CT molecular complexity index is 639. The Kier molecular flexibility index (Phi) is 5.80. The molecular formula is C15H15ClFIN2O. The molecule has 0 bridgehead atoms. The highest BCUT2D eigenvalue weighted by Crippen LogP contribution is 2.27. The summed E-state index contributed by atoms with van der Waals surface area (Å²) in [5.74, 6) is 5.47. The van der Waals surface area contributed by atoms with Gasteiger partial charge in [0.15, 0.2) is 11.6 Å². The van der Waals surface area contributed by atoms with Crippen molar-refractivity contribution in [1.82, 2.24) is 5.43 Å². The number of nitrogens with one attached hydrogen (secondary N) is 1. The summed E-state index contributed by atoms with van der Waals surface area (Å²) in [6.45, 7) is 0. The molecule has 0 radical (unpaired) electrons. The molecule has 0 amide bonds. The van der Waals surface area contributed by atoms with Gasteiger partial charge in [0.05, 0.1) is 18.2 Å². The molecule has 1 atom stereocenters. The molecule has 2 aromatic carbocycles. The van der Waals surface area contributed by atoms with Gasteiger partial charge in [0.25, 0.3) is 0 Å². The van der Waals surface area contributed by atoms with Gasteiger partial charge >= 0.3 is 0 Å². The van der Waals surface area contributed by atoms with E-state index < -0.39 is 0 Å². The summed E-state index contributed by atoms with van der Waals surface area (Å²) < 4.78 is 20.2. The molecule has 0 fully saturated rings. The van der Waals surface area contributed by atoms with E-state index in [4.69, 9.17) is 22.2 Å². The average molecular weight is 421 g/mol. The Hall–Kier alpha value is -0.890. The van der Waals surface area contributed by atoms with E-state index in [1.54, 1.807) is 18.2 Å². The van der Waals surface area contributed by atoms with Crippen LogP contribution in [0.3, 0.4) is 0 Å². The largest absolute Gasteiger partial charge is 0.494 e. The van der Waals surface area contributed by atoms with E-state index in [1.807, 2.05) is 18.2 Å². The Morgan fingerprint density at radius 1 is 1.38 bits per heavy atom. The van der Waals surface area contributed by atoms with Gasteiger partial charge in [0.1, 0.15) is 0 Å². The molecule has 0 aliphatic heterocycles. The summed E-state index contributed by atoms with van der Waals surface area (Å²) in [6.07, 6.45) is 0.399. The maximum absolute atomic E-state index is 14.2. The van der Waals surface area contributed by atoms with Crippen molar-refractivity contribution in [3.63, 3.8) is 0 Å². The fourth-order valence-electron chi connectivity index (χ4n) is 2.09. The topological polar surface area (TPSA) is 47.3 Å². The molecule has 0 spiro atoms. The molecule has 0 aliphatic carbocycles. The van der Waals surface area contributed by atoms with Crippen LogP contribution < -0.4 is 16.0 Å². The molecule has 6 heteroatoms. The lowest BCUT2D eigenvalue weighted by atomic mass is 9.99. The number of benzene rings is 2. The molecular weight excluding hydrogens is 406 g/mol. The summed E-state index contributed by atoms with van der Waals surface area (Å²) in [5.41, 5.74) is 4.15. The first-order chi connectivity index (χ1) is 10.1. The lowest BCUT2D eigenvalue weighted by Gasteiger charge is -2.18. The van der Waals surface area contributed by atoms with Crippen LogP contribution in [0.2, 0.25) is 5.02 Å². The predicted octanol–water partition coefficient (Wildman–Crippen LogP) is 3.84. The Morgan fingerprint density at radius 3 is 2.76 bits per heavy atom. The van der Waals surface area contributed by atoms with Crippen molar-refractivity contribution in [2.45, 2.75) is 12.5 Å². The van der Waals surface area contributed by atoms with E-state index in [0.717, 1.165) is 9.13 Å². The molecule has 21 heavy (non-hydrogen) atoms. The number of hydrogen-bond donors (Lipinski definition) is 2. The van der Waals surface area contributed by atoms with Gasteiger partial charge in [-0.3, -0.25) is 11.3 Å². The molecule has 112 valence electrons. The second-order valence-corrected chi connectivity index (χ2v) is 6.10. The van der Waals surface area contributed by atoms with E-state index in [2.05, 4.69) is 28.0 Å². The van der Waals surface area contributed by atoms with E-state index in [1.165, 1.54) is 7.11 Å². The van der Waals surface area contributed by atoms with Crippen LogP contribution in [0.1, 0.15) is 17.2 Å². The Morgan fingerprint density at radius 2 is 2.14 bits per heavy atom. The van der Waals surface area contributed by atoms with Crippen molar-refractivity contribution in [1.29, 1.82) is 0 Å². The van der Waals surface area contributed by atoms with Crippen molar-refractivity contribution >= 4 is 34.2 Å². The zero-order chi connectivity index (χ0) is 15.4. The van der Waals surface area contributed by atoms with Gasteiger partial charge in [0.2, 0.25) is 0 Å². The summed E-state index contributed by atoms with van der Waals surface area (Å²) in [5, 5.41) is 0.652. The number of hydrogen-bond acceptors (Lipinski definition) is 3. The van der Waals surface area contributed by atoms with Gasteiger partial charge in [-0.2, -0.15) is 0 Å². The van der Waals surface area contributed by atoms with Crippen LogP contribution in [0.4, 0.5) is 4.39 Å². The number of ether oxygens (including phenoxy) is 1. The second kappa shape index (κ2) is 7.40. The molecule has 3 nitrogen and oxygen atoms in total. The highest BCUT2D eigenvalue weighted by atomic mass is 127. The van der Waals surface area contributed by atoms with Crippen LogP contribution in [0.5, 0.6) is 5.75 Å². The van der Waals surface area contributed by atoms with Crippen LogP contribution >= 0.6 is 34.2 Å². The minimum atomic E-state index is -0.364. The highest BCUT2D eigenvalue weighted by Gasteiger charge is 2.16. The SMILES string of the molecule is COc1cccc(CC(NN)c2ccc(I)c(Cl)c2)c1F. The lowest BCUT2D eigenvalue weighted by Crippen LogP contribution is -2.29. The maximum atomic E-state index is 14.2. The normalized spacial score (nSPS) is 12.2. The summed E-state index contributed by atoms with van der Waals surface area (Å²) in [6, 6.07) is 10.5. The average Bonchev–Trinajstić information content (AvgIpc) is 2.49. The highest BCUT2D eigenvalue weighted by molar-refractivity contribution is 14.1. The summed E-state index contributed by atoms with van der Waals surface area (Å²) in [7, 11) is 1.44. The quantitative estimate of drug-likeness (QED) is 0.439. The van der Waals surface area contributed by atoms with Gasteiger partial charge in [-0.1, -0.05) is 29.8 Å². The van der Waals surface area contributed by atoms with Crippen LogP contribution in [-0.4, -0.2) is 7.11 Å². The van der Waals surface area contributed by atoms with Crippen LogP contribution in [0, 0.1) is 9.39 Å². The number of nitrogens with two attached hydrogens (primary N) is 1. The van der Waals surface area contributed by atoms with E-state index in [-0.39, 0.29) is 17.6 Å². The fourth-order valence-corrected chi connectivity index (χ4v) is 2.62. The van der Waals surface area contributed by atoms with E-state index in [0.29, 0.717) is 17.0 Å². The fraction of sp³-hybridized carbons (Fsp3) is 0.200. The maximum Gasteiger partial charge on any atom is 0.168 e. The first-order valence-electron chi connectivity index (χ1n) is 6.29. The number of hydrazine groups is 1. The zero-order valence-corrected chi connectivity index (χ0v) is 14.3. The molecule has 0 saturated carbocycles. The number of methoxy groups -OCH3 is 1. The van der Waals surface area contributed by atoms with Crippen molar-refractivity contribution < 1.29 is 9.13 Å². The van der Waals surface area contributed by atoms with Crippen LogP contribution in [0.25, 0.3) is 0 Å². The monoisotopic (exact) mass is 420 g/mol. The minimum absolute atomic E-state index is 0.226. The number of rotatable bonds is 5. The molecule has 2 aromatic rings. The lowest BCUT2D eigenvalue weighted by molar-refractivity contribution is 0.382. The smallest absolute Gasteiger partial charge is 0.168 e. The zero-order valence-electron chi connectivity index (χ0n) is 11.4. The third-order valence-electron chi connectivity index (χ3n) is 3.23. The molecule has 3 N–H and O–H groups in total. The molecule has 0 saturated heterocycles. The van der Waals surface area contributed by atoms with Gasteiger partial charge in [-0.25, -0.2) is 4.39 Å². The van der Waals surface area contributed by atoms with Gasteiger partial charge < -0.3 is 4.74 Å². The van der Waals surface area contributed by atoms with Crippen molar-refractivity contribution in [3.8, 4) is 5.75 Å². The molecule has 1 unspecified atom stereocenters. The Balaban J connectivity index is 2.29. The predicted molar refractivity (Wildman–Crippen MR) is 90.9 cm³/mol. The third kappa shape index (κ3) is 3.85. The Labute approximate surface area is 141 Å². The first-order valence-corrected chi connectivity index (χ1v) is 7.75. The first kappa shape index (κ1) is 16.5. The standard InChI is InChI=1S/C15H15ClFIN2O/c1-21-14-4-2-3-10(15(14)17)8-13(20-19)9-5-6-12(18)11(16)7-9/h2-7,13,20H,8,19H2,1H3. The molecule has 0 aromatic heterocycles.